The van der Waals surface area contributed by atoms with Crippen LogP contribution in [0.3, 0.4) is 0 Å². The number of rotatable bonds is 4. The van der Waals surface area contributed by atoms with Crippen molar-refractivity contribution < 1.29 is 0 Å². The van der Waals surface area contributed by atoms with Crippen molar-refractivity contribution in [1.29, 1.82) is 0 Å². The van der Waals surface area contributed by atoms with E-state index in [1.165, 1.54) is 24.8 Å². The number of para-hydroxylation sites is 1. The van der Waals surface area contributed by atoms with Gasteiger partial charge in [0, 0.05) is 5.69 Å². The van der Waals surface area contributed by atoms with Gasteiger partial charge < -0.3 is 5.73 Å². The maximum absolute atomic E-state index is 5.98. The summed E-state index contributed by atoms with van der Waals surface area (Å²) < 4.78 is 0. The van der Waals surface area contributed by atoms with Crippen molar-refractivity contribution in [3.8, 4) is 0 Å². The fourth-order valence-electron chi connectivity index (χ4n) is 1.87. The van der Waals surface area contributed by atoms with Crippen molar-refractivity contribution in [2.45, 2.75) is 45.4 Å². The van der Waals surface area contributed by atoms with Gasteiger partial charge in [0.05, 0.1) is 0 Å². The van der Waals surface area contributed by atoms with Gasteiger partial charge in [0.1, 0.15) is 0 Å². The van der Waals surface area contributed by atoms with Gasteiger partial charge in [-0.15, -0.1) is 0 Å². The molecule has 0 fully saturated rings. The number of hydrogen-bond acceptors (Lipinski definition) is 1. The average Bonchev–Trinajstić information content (AvgIpc) is 2.15. The Morgan fingerprint density at radius 2 is 1.86 bits per heavy atom. The van der Waals surface area contributed by atoms with Crippen LogP contribution in [-0.2, 0) is 5.41 Å². The quantitative estimate of drug-likeness (QED) is 0.721. The standard InChI is InChI=1S/C13H21N/c1-4-5-10-13(2,3)11-8-6-7-9-12(11)14/h6-9H,4-5,10,14H2,1-3H3. The molecule has 0 saturated carbocycles. The van der Waals surface area contributed by atoms with Crippen LogP contribution >= 0.6 is 0 Å². The lowest BCUT2D eigenvalue weighted by atomic mass is 9.79. The minimum absolute atomic E-state index is 0.210. The molecule has 1 nitrogen and oxygen atoms in total. The summed E-state index contributed by atoms with van der Waals surface area (Å²) in [6.45, 7) is 6.77. The lowest BCUT2D eigenvalue weighted by Gasteiger charge is -2.26. The highest BCUT2D eigenvalue weighted by Gasteiger charge is 2.21. The van der Waals surface area contributed by atoms with Crippen LogP contribution in [0.4, 0.5) is 5.69 Å². The molecule has 1 heteroatoms. The third-order valence-corrected chi connectivity index (χ3v) is 2.85. The van der Waals surface area contributed by atoms with E-state index in [4.69, 9.17) is 5.73 Å². The summed E-state index contributed by atoms with van der Waals surface area (Å²) in [6, 6.07) is 8.20. The first-order chi connectivity index (χ1) is 6.58. The fraction of sp³-hybridized carbons (Fsp3) is 0.538. The van der Waals surface area contributed by atoms with Gasteiger partial charge in [-0.1, -0.05) is 51.8 Å². The molecule has 78 valence electrons. The van der Waals surface area contributed by atoms with Crippen molar-refractivity contribution in [2.24, 2.45) is 0 Å². The van der Waals surface area contributed by atoms with Crippen LogP contribution in [0.5, 0.6) is 0 Å². The molecule has 0 aliphatic carbocycles. The molecule has 0 heterocycles. The van der Waals surface area contributed by atoms with E-state index < -0.39 is 0 Å². The molecule has 14 heavy (non-hydrogen) atoms. The number of anilines is 1. The second-order valence-electron chi connectivity index (χ2n) is 4.57. The number of nitrogen functional groups attached to an aromatic ring is 1. The Balaban J connectivity index is 2.86. The Morgan fingerprint density at radius 1 is 1.21 bits per heavy atom. The van der Waals surface area contributed by atoms with E-state index in [-0.39, 0.29) is 5.41 Å². The predicted molar refractivity (Wildman–Crippen MR) is 63.4 cm³/mol. The van der Waals surface area contributed by atoms with Crippen LogP contribution in [0.25, 0.3) is 0 Å². The van der Waals surface area contributed by atoms with Crippen LogP contribution < -0.4 is 5.73 Å². The van der Waals surface area contributed by atoms with Crippen LogP contribution in [0.15, 0.2) is 24.3 Å². The summed E-state index contributed by atoms with van der Waals surface area (Å²) in [6.07, 6.45) is 3.72. The van der Waals surface area contributed by atoms with Crippen molar-refractivity contribution in [3.05, 3.63) is 29.8 Å². The predicted octanol–water partition coefficient (Wildman–Crippen LogP) is 3.74. The zero-order valence-electron chi connectivity index (χ0n) is 9.51. The van der Waals surface area contributed by atoms with Gasteiger partial charge in [-0.3, -0.25) is 0 Å². The van der Waals surface area contributed by atoms with Crippen LogP contribution in [-0.4, -0.2) is 0 Å². The molecule has 2 N–H and O–H groups in total. The number of benzene rings is 1. The van der Waals surface area contributed by atoms with Gasteiger partial charge in [0.15, 0.2) is 0 Å². The monoisotopic (exact) mass is 191 g/mol. The summed E-state index contributed by atoms with van der Waals surface area (Å²) in [5, 5.41) is 0. The molecule has 0 radical (unpaired) electrons. The second-order valence-corrected chi connectivity index (χ2v) is 4.57. The third-order valence-electron chi connectivity index (χ3n) is 2.85. The molecule has 1 aromatic rings. The van der Waals surface area contributed by atoms with E-state index in [2.05, 4.69) is 32.9 Å². The largest absolute Gasteiger partial charge is 0.398 e. The maximum atomic E-state index is 5.98. The van der Waals surface area contributed by atoms with Crippen LogP contribution in [0.1, 0.15) is 45.6 Å². The summed E-state index contributed by atoms with van der Waals surface area (Å²) in [5.41, 5.74) is 8.40. The highest BCUT2D eigenvalue weighted by Crippen LogP contribution is 2.32. The molecular weight excluding hydrogens is 170 g/mol. The molecule has 1 aromatic carbocycles. The zero-order chi connectivity index (χ0) is 10.6. The molecule has 1 rings (SSSR count). The highest BCUT2D eigenvalue weighted by molar-refractivity contribution is 5.50. The van der Waals surface area contributed by atoms with Gasteiger partial charge in [-0.2, -0.15) is 0 Å². The Morgan fingerprint density at radius 3 is 2.43 bits per heavy atom. The van der Waals surface area contributed by atoms with E-state index in [9.17, 15) is 0 Å². The van der Waals surface area contributed by atoms with E-state index in [1.54, 1.807) is 0 Å². The average molecular weight is 191 g/mol. The van der Waals surface area contributed by atoms with Crippen LogP contribution in [0, 0.1) is 0 Å². The molecule has 0 saturated heterocycles. The Hall–Kier alpha value is -0.980. The van der Waals surface area contributed by atoms with E-state index >= 15 is 0 Å². The highest BCUT2D eigenvalue weighted by atomic mass is 14.6. The van der Waals surface area contributed by atoms with E-state index in [1.807, 2.05) is 12.1 Å². The zero-order valence-corrected chi connectivity index (χ0v) is 9.51. The summed E-state index contributed by atoms with van der Waals surface area (Å²) >= 11 is 0. The first-order valence-corrected chi connectivity index (χ1v) is 5.43. The first-order valence-electron chi connectivity index (χ1n) is 5.43. The SMILES string of the molecule is CCCCC(C)(C)c1ccccc1N. The van der Waals surface area contributed by atoms with Crippen molar-refractivity contribution in [3.63, 3.8) is 0 Å². The minimum Gasteiger partial charge on any atom is -0.398 e. The maximum Gasteiger partial charge on any atom is 0.0352 e. The lowest BCUT2D eigenvalue weighted by Crippen LogP contribution is -2.18. The van der Waals surface area contributed by atoms with Crippen molar-refractivity contribution in [2.75, 3.05) is 5.73 Å². The van der Waals surface area contributed by atoms with Gasteiger partial charge >= 0.3 is 0 Å². The number of hydrogen-bond donors (Lipinski definition) is 1. The van der Waals surface area contributed by atoms with E-state index in [0.29, 0.717) is 0 Å². The van der Waals surface area contributed by atoms with Gasteiger partial charge in [0.25, 0.3) is 0 Å². The van der Waals surface area contributed by atoms with Gasteiger partial charge in [-0.05, 0) is 23.5 Å². The Bertz CT molecular complexity index is 289. The van der Waals surface area contributed by atoms with Gasteiger partial charge in [0.2, 0.25) is 0 Å². The fourth-order valence-corrected chi connectivity index (χ4v) is 1.87. The minimum atomic E-state index is 0.210. The first kappa shape index (κ1) is 11.1. The normalized spacial score (nSPS) is 11.6. The molecule has 0 amide bonds. The Kier molecular flexibility index (Phi) is 3.56. The van der Waals surface area contributed by atoms with Crippen molar-refractivity contribution in [1.82, 2.24) is 0 Å². The number of unbranched alkanes of at least 4 members (excludes halogenated alkanes) is 1. The number of nitrogens with two attached hydrogens (primary N) is 1. The molecule has 0 aromatic heterocycles. The molecule has 0 aliphatic heterocycles. The topological polar surface area (TPSA) is 26.0 Å². The lowest BCUT2D eigenvalue weighted by molar-refractivity contribution is 0.459. The molecular formula is C13H21N. The summed E-state index contributed by atoms with van der Waals surface area (Å²) in [5.74, 6) is 0. The second kappa shape index (κ2) is 4.50. The van der Waals surface area contributed by atoms with Crippen molar-refractivity contribution >= 4 is 5.69 Å². The van der Waals surface area contributed by atoms with E-state index in [0.717, 1.165) is 5.69 Å². The van der Waals surface area contributed by atoms with Crippen LogP contribution in [0.2, 0.25) is 0 Å². The molecule has 0 unspecified atom stereocenters. The molecule has 0 atom stereocenters. The smallest absolute Gasteiger partial charge is 0.0352 e. The molecule has 0 bridgehead atoms. The molecule has 0 aliphatic rings. The third kappa shape index (κ3) is 2.50. The van der Waals surface area contributed by atoms with Gasteiger partial charge in [-0.25, -0.2) is 0 Å². The molecule has 0 spiro atoms. The summed E-state index contributed by atoms with van der Waals surface area (Å²) in [7, 11) is 0. The Labute approximate surface area is 87.3 Å². The summed E-state index contributed by atoms with van der Waals surface area (Å²) in [4.78, 5) is 0.